The Morgan fingerprint density at radius 2 is 1.81 bits per heavy atom. The van der Waals surface area contributed by atoms with E-state index in [2.05, 4.69) is 0 Å². The molecule has 1 aromatic carbocycles. The number of rotatable bonds is 5. The predicted octanol–water partition coefficient (Wildman–Crippen LogP) is 2.83. The number of hydroxylamine groups is 2. The highest BCUT2D eigenvalue weighted by Crippen LogP contribution is 2.15. The van der Waals surface area contributed by atoms with E-state index >= 15 is 0 Å². The normalized spacial score (nSPS) is 12.6. The maximum atomic E-state index is 12.1. The molecule has 0 fully saturated rings. The summed E-state index contributed by atoms with van der Waals surface area (Å²) in [7, 11) is 0. The van der Waals surface area contributed by atoms with E-state index in [0.29, 0.717) is 0 Å². The molecule has 1 N–H and O–H groups in total. The minimum Gasteiger partial charge on any atom is -0.480 e. The molecule has 1 unspecified atom stereocenters. The highest BCUT2D eigenvalue weighted by Gasteiger charge is 2.32. The number of carboxylic acid groups (broad SMARTS) is 1. The Morgan fingerprint density at radius 3 is 2.29 bits per heavy atom. The number of benzene rings is 1. The Kier molecular flexibility index (Phi) is 5.72. The first-order chi connectivity index (χ1) is 9.70. The molecular formula is C15H21NO5. The van der Waals surface area contributed by atoms with Crippen molar-refractivity contribution in [1.29, 1.82) is 0 Å². The van der Waals surface area contributed by atoms with E-state index in [9.17, 15) is 9.59 Å². The molecule has 0 aliphatic rings. The van der Waals surface area contributed by atoms with Gasteiger partial charge in [0.2, 0.25) is 0 Å². The minimum absolute atomic E-state index is 0.0516. The van der Waals surface area contributed by atoms with E-state index in [1.165, 1.54) is 6.92 Å². The molecule has 0 saturated heterocycles. The highest BCUT2D eigenvalue weighted by atomic mass is 16.7. The lowest BCUT2D eigenvalue weighted by Crippen LogP contribution is -2.47. The molecule has 0 spiro atoms. The van der Waals surface area contributed by atoms with Gasteiger partial charge in [0.15, 0.2) is 6.04 Å². The Balaban J connectivity index is 2.73. The van der Waals surface area contributed by atoms with Crippen molar-refractivity contribution in [2.75, 3.05) is 0 Å². The van der Waals surface area contributed by atoms with Gasteiger partial charge in [-0.25, -0.2) is 9.59 Å². The van der Waals surface area contributed by atoms with Crippen molar-refractivity contribution in [2.45, 2.75) is 45.9 Å². The highest BCUT2D eigenvalue weighted by molar-refractivity contribution is 5.78. The van der Waals surface area contributed by atoms with Crippen molar-refractivity contribution >= 4 is 12.1 Å². The molecule has 6 heteroatoms. The zero-order valence-electron chi connectivity index (χ0n) is 12.7. The molecule has 0 aliphatic carbocycles. The van der Waals surface area contributed by atoms with Crippen LogP contribution in [0.2, 0.25) is 0 Å². The van der Waals surface area contributed by atoms with E-state index in [1.807, 2.05) is 30.3 Å². The fourth-order valence-corrected chi connectivity index (χ4v) is 1.45. The van der Waals surface area contributed by atoms with Crippen molar-refractivity contribution in [1.82, 2.24) is 5.06 Å². The number of carboxylic acids is 1. The van der Waals surface area contributed by atoms with E-state index in [-0.39, 0.29) is 6.61 Å². The fraction of sp³-hybridized carbons (Fsp3) is 0.467. The van der Waals surface area contributed by atoms with E-state index < -0.39 is 23.7 Å². The molecule has 1 atom stereocenters. The van der Waals surface area contributed by atoms with Gasteiger partial charge in [0, 0.05) is 0 Å². The molecule has 116 valence electrons. The zero-order valence-corrected chi connectivity index (χ0v) is 12.7. The van der Waals surface area contributed by atoms with Crippen LogP contribution >= 0.6 is 0 Å². The number of amides is 1. The van der Waals surface area contributed by atoms with Crippen molar-refractivity contribution in [3.8, 4) is 0 Å². The summed E-state index contributed by atoms with van der Waals surface area (Å²) >= 11 is 0. The standard InChI is InChI=1S/C15H21NO5/c1-11(13(17)18)16(21-15(2,3)4)14(19)20-10-12-8-6-5-7-9-12/h5-9,11H,10H2,1-4H3,(H,17,18). The molecule has 0 bridgehead atoms. The van der Waals surface area contributed by atoms with Crippen LogP contribution in [0, 0.1) is 0 Å². The van der Waals surface area contributed by atoms with Gasteiger partial charge >= 0.3 is 12.1 Å². The summed E-state index contributed by atoms with van der Waals surface area (Å²) in [6.07, 6.45) is -0.830. The molecule has 0 radical (unpaired) electrons. The molecule has 6 nitrogen and oxygen atoms in total. The van der Waals surface area contributed by atoms with Crippen LogP contribution in [-0.4, -0.2) is 33.9 Å². The summed E-state index contributed by atoms with van der Waals surface area (Å²) < 4.78 is 5.11. The summed E-state index contributed by atoms with van der Waals surface area (Å²) in [5.74, 6) is -1.17. The van der Waals surface area contributed by atoms with Gasteiger partial charge in [-0.2, -0.15) is 5.06 Å². The molecular weight excluding hydrogens is 274 g/mol. The molecule has 1 aromatic rings. The van der Waals surface area contributed by atoms with Crippen LogP contribution in [0.25, 0.3) is 0 Å². The van der Waals surface area contributed by atoms with Crippen LogP contribution in [0.15, 0.2) is 30.3 Å². The number of carbonyl (C=O) groups excluding carboxylic acids is 1. The largest absolute Gasteiger partial charge is 0.480 e. The maximum Gasteiger partial charge on any atom is 0.435 e. The lowest BCUT2D eigenvalue weighted by Gasteiger charge is -2.31. The van der Waals surface area contributed by atoms with Gasteiger partial charge in [0.1, 0.15) is 6.61 Å². The van der Waals surface area contributed by atoms with Crippen LogP contribution in [0.5, 0.6) is 0 Å². The third-order valence-electron chi connectivity index (χ3n) is 2.47. The van der Waals surface area contributed by atoms with Crippen molar-refractivity contribution in [3.63, 3.8) is 0 Å². The quantitative estimate of drug-likeness (QED) is 0.845. The number of carbonyl (C=O) groups is 2. The van der Waals surface area contributed by atoms with Crippen LogP contribution in [0.1, 0.15) is 33.3 Å². The van der Waals surface area contributed by atoms with Crippen LogP contribution in [0.3, 0.4) is 0 Å². The minimum atomic E-state index is -1.17. The molecule has 1 amide bonds. The Hall–Kier alpha value is -2.08. The second-order valence-electron chi connectivity index (χ2n) is 5.58. The van der Waals surface area contributed by atoms with Gasteiger partial charge in [0.05, 0.1) is 5.60 Å². The third kappa shape index (κ3) is 5.83. The first kappa shape index (κ1) is 17.0. The lowest BCUT2D eigenvalue weighted by molar-refractivity contribution is -0.226. The van der Waals surface area contributed by atoms with E-state index in [4.69, 9.17) is 14.7 Å². The van der Waals surface area contributed by atoms with E-state index in [1.54, 1.807) is 20.8 Å². The SMILES string of the molecule is CC(C(=O)O)N(OC(C)(C)C)C(=O)OCc1ccccc1. The molecule has 0 saturated carbocycles. The summed E-state index contributed by atoms with van der Waals surface area (Å²) in [6.45, 7) is 6.57. The number of hydrogen-bond acceptors (Lipinski definition) is 4. The fourth-order valence-electron chi connectivity index (χ4n) is 1.45. The second-order valence-corrected chi connectivity index (χ2v) is 5.58. The molecule has 0 aliphatic heterocycles. The monoisotopic (exact) mass is 295 g/mol. The average molecular weight is 295 g/mol. The Labute approximate surface area is 124 Å². The smallest absolute Gasteiger partial charge is 0.435 e. The van der Waals surface area contributed by atoms with Crippen LogP contribution in [0.4, 0.5) is 4.79 Å². The van der Waals surface area contributed by atoms with Gasteiger partial charge in [-0.3, -0.25) is 4.84 Å². The molecule has 1 rings (SSSR count). The van der Waals surface area contributed by atoms with Gasteiger partial charge in [-0.15, -0.1) is 0 Å². The maximum absolute atomic E-state index is 12.1. The van der Waals surface area contributed by atoms with Gasteiger partial charge in [0.25, 0.3) is 0 Å². The van der Waals surface area contributed by atoms with Crippen LogP contribution < -0.4 is 0 Å². The topological polar surface area (TPSA) is 76.1 Å². The summed E-state index contributed by atoms with van der Waals surface area (Å²) in [5, 5.41) is 9.81. The number of aliphatic carboxylic acids is 1. The molecule has 21 heavy (non-hydrogen) atoms. The van der Waals surface area contributed by atoms with Crippen molar-refractivity contribution in [2.24, 2.45) is 0 Å². The first-order valence-electron chi connectivity index (χ1n) is 6.62. The molecule has 0 aromatic heterocycles. The Morgan fingerprint density at radius 1 is 1.24 bits per heavy atom. The summed E-state index contributed by atoms with van der Waals surface area (Å²) in [5.41, 5.74) is 0.0969. The summed E-state index contributed by atoms with van der Waals surface area (Å²) in [6, 6.07) is 7.98. The van der Waals surface area contributed by atoms with Gasteiger partial charge in [-0.05, 0) is 33.3 Å². The number of ether oxygens (including phenoxy) is 1. The zero-order chi connectivity index (χ0) is 16.0. The van der Waals surface area contributed by atoms with E-state index in [0.717, 1.165) is 10.6 Å². The Bertz CT molecular complexity index is 481. The third-order valence-corrected chi connectivity index (χ3v) is 2.47. The molecule has 0 heterocycles. The van der Waals surface area contributed by atoms with Crippen molar-refractivity contribution < 1.29 is 24.3 Å². The number of hydrogen-bond donors (Lipinski definition) is 1. The summed E-state index contributed by atoms with van der Waals surface area (Å²) in [4.78, 5) is 28.5. The predicted molar refractivity (Wildman–Crippen MR) is 76.4 cm³/mol. The van der Waals surface area contributed by atoms with Crippen molar-refractivity contribution in [3.05, 3.63) is 35.9 Å². The van der Waals surface area contributed by atoms with Crippen LogP contribution in [-0.2, 0) is 21.0 Å². The van der Waals surface area contributed by atoms with Gasteiger partial charge < -0.3 is 9.84 Å². The first-order valence-corrected chi connectivity index (χ1v) is 6.62. The lowest BCUT2D eigenvalue weighted by atomic mass is 10.2. The second kappa shape index (κ2) is 7.08. The van der Waals surface area contributed by atoms with Gasteiger partial charge in [-0.1, -0.05) is 30.3 Å². The average Bonchev–Trinajstić information content (AvgIpc) is 2.41. The number of nitrogens with zero attached hydrogens (tertiary/aromatic N) is 1.